The number of rotatable bonds is 5. The molecule has 0 saturated heterocycles. The predicted molar refractivity (Wildman–Crippen MR) is 80.6 cm³/mol. The third-order valence-corrected chi connectivity index (χ3v) is 3.00. The van der Waals surface area contributed by atoms with Gasteiger partial charge >= 0.3 is 0 Å². The number of benzene rings is 1. The van der Waals surface area contributed by atoms with Crippen LogP contribution in [0.4, 0.5) is 5.69 Å². The van der Waals surface area contributed by atoms with Crippen molar-refractivity contribution in [2.45, 2.75) is 0 Å². The van der Waals surface area contributed by atoms with Crippen molar-refractivity contribution in [3.8, 4) is 11.5 Å². The number of H-pyrrole nitrogens is 1. The van der Waals surface area contributed by atoms with Crippen LogP contribution in [0, 0.1) is 0 Å². The van der Waals surface area contributed by atoms with Gasteiger partial charge in [-0.05, 0) is 12.1 Å². The molecule has 0 atom stereocenters. The second-order valence-corrected chi connectivity index (χ2v) is 4.28. The van der Waals surface area contributed by atoms with Crippen molar-refractivity contribution < 1.29 is 9.47 Å². The highest BCUT2D eigenvalue weighted by molar-refractivity contribution is 6.32. The number of anilines is 1. The normalized spacial score (nSPS) is 10.6. The minimum absolute atomic E-state index is 0.0103. The van der Waals surface area contributed by atoms with Crippen LogP contribution >= 0.6 is 11.6 Å². The maximum absolute atomic E-state index is 11.3. The van der Waals surface area contributed by atoms with Crippen LogP contribution in [-0.4, -0.2) is 30.6 Å². The van der Waals surface area contributed by atoms with Gasteiger partial charge in [0, 0.05) is 11.6 Å². The van der Waals surface area contributed by atoms with E-state index in [9.17, 15) is 4.79 Å². The van der Waals surface area contributed by atoms with Gasteiger partial charge in [-0.25, -0.2) is 5.10 Å². The van der Waals surface area contributed by atoms with E-state index in [1.165, 1.54) is 12.4 Å². The SMILES string of the molecule is COc1ccc(/C=N/Nc2cn[nH]c(=O)c2Cl)c(OC)c1. The Kier molecular flexibility index (Phi) is 4.78. The highest BCUT2D eigenvalue weighted by atomic mass is 35.5. The van der Waals surface area contributed by atoms with Gasteiger partial charge in [-0.2, -0.15) is 10.2 Å². The third-order valence-electron chi connectivity index (χ3n) is 2.62. The minimum atomic E-state index is -0.487. The number of nitrogens with zero attached hydrogens (tertiary/aromatic N) is 2. The standard InChI is InChI=1S/C13H13ClN4O3/c1-20-9-4-3-8(11(5-9)21-2)6-15-17-10-7-16-18-13(19)12(10)14/h3-7H,1-2H3,(H2,17,18,19)/b15-6+. The lowest BCUT2D eigenvalue weighted by Crippen LogP contribution is -2.10. The number of aromatic amines is 1. The zero-order valence-corrected chi connectivity index (χ0v) is 12.1. The van der Waals surface area contributed by atoms with Gasteiger partial charge in [-0.1, -0.05) is 11.6 Å². The lowest BCUT2D eigenvalue weighted by Gasteiger charge is -2.07. The highest BCUT2D eigenvalue weighted by Gasteiger charge is 2.04. The van der Waals surface area contributed by atoms with Crippen molar-refractivity contribution in [1.82, 2.24) is 10.2 Å². The molecule has 0 unspecified atom stereocenters. The van der Waals surface area contributed by atoms with Gasteiger partial charge < -0.3 is 9.47 Å². The second-order valence-electron chi connectivity index (χ2n) is 3.90. The molecule has 0 saturated carbocycles. The van der Waals surface area contributed by atoms with Crippen LogP contribution < -0.4 is 20.5 Å². The smallest absolute Gasteiger partial charge is 0.285 e. The summed E-state index contributed by atoms with van der Waals surface area (Å²) in [6, 6.07) is 5.31. The van der Waals surface area contributed by atoms with Crippen molar-refractivity contribution in [1.29, 1.82) is 0 Å². The summed E-state index contributed by atoms with van der Waals surface area (Å²) in [6.07, 6.45) is 2.90. The average Bonchev–Trinajstić information content (AvgIpc) is 2.51. The molecule has 8 heteroatoms. The quantitative estimate of drug-likeness (QED) is 0.650. The van der Waals surface area contributed by atoms with Crippen molar-refractivity contribution in [2.24, 2.45) is 5.10 Å². The first-order valence-corrected chi connectivity index (χ1v) is 6.27. The van der Waals surface area contributed by atoms with Crippen LogP contribution in [0.2, 0.25) is 5.02 Å². The Hall–Kier alpha value is -2.54. The maximum Gasteiger partial charge on any atom is 0.285 e. The molecule has 7 nitrogen and oxygen atoms in total. The van der Waals surface area contributed by atoms with Crippen LogP contribution in [0.5, 0.6) is 11.5 Å². The Morgan fingerprint density at radius 3 is 2.90 bits per heavy atom. The summed E-state index contributed by atoms with van der Waals surface area (Å²) < 4.78 is 10.4. The number of nitrogens with one attached hydrogen (secondary N) is 2. The number of halogens is 1. The Bertz CT molecular complexity index is 715. The number of hydrogen-bond acceptors (Lipinski definition) is 6. The Balaban J connectivity index is 2.18. The Morgan fingerprint density at radius 1 is 1.38 bits per heavy atom. The molecule has 2 N–H and O–H groups in total. The van der Waals surface area contributed by atoms with E-state index in [1.807, 2.05) is 0 Å². The summed E-state index contributed by atoms with van der Waals surface area (Å²) in [6.45, 7) is 0. The summed E-state index contributed by atoms with van der Waals surface area (Å²) in [5.74, 6) is 1.29. The zero-order valence-electron chi connectivity index (χ0n) is 11.4. The van der Waals surface area contributed by atoms with Gasteiger partial charge in [0.05, 0.1) is 26.6 Å². The fourth-order valence-electron chi connectivity index (χ4n) is 1.56. The molecule has 1 aromatic carbocycles. The lowest BCUT2D eigenvalue weighted by atomic mass is 10.2. The van der Waals surface area contributed by atoms with Crippen molar-refractivity contribution in [3.63, 3.8) is 0 Å². The van der Waals surface area contributed by atoms with Crippen LogP contribution in [0.25, 0.3) is 0 Å². The molecule has 0 fully saturated rings. The Morgan fingerprint density at radius 2 is 2.19 bits per heavy atom. The van der Waals surface area contributed by atoms with E-state index < -0.39 is 5.56 Å². The van der Waals surface area contributed by atoms with E-state index >= 15 is 0 Å². The van der Waals surface area contributed by atoms with Crippen molar-refractivity contribution in [3.05, 3.63) is 45.3 Å². The minimum Gasteiger partial charge on any atom is -0.497 e. The molecule has 0 spiro atoms. The largest absolute Gasteiger partial charge is 0.497 e. The van der Waals surface area contributed by atoms with Crippen molar-refractivity contribution in [2.75, 3.05) is 19.6 Å². The van der Waals surface area contributed by atoms with E-state index in [2.05, 4.69) is 20.7 Å². The first kappa shape index (κ1) is 14.9. The van der Waals surface area contributed by atoms with Gasteiger partial charge in [0.15, 0.2) is 0 Å². The number of methoxy groups -OCH3 is 2. The predicted octanol–water partition coefficient (Wildman–Crippen LogP) is 1.89. The van der Waals surface area contributed by atoms with E-state index in [0.717, 1.165) is 5.56 Å². The maximum atomic E-state index is 11.3. The zero-order chi connectivity index (χ0) is 15.2. The summed E-state index contributed by atoms with van der Waals surface area (Å²) in [5.41, 5.74) is 3.21. The number of hydrogen-bond donors (Lipinski definition) is 2. The fraction of sp³-hybridized carbons (Fsp3) is 0.154. The van der Waals surface area contributed by atoms with E-state index in [1.54, 1.807) is 32.4 Å². The molecule has 2 rings (SSSR count). The average molecular weight is 309 g/mol. The molecule has 0 aliphatic rings. The Labute approximate surface area is 125 Å². The summed E-state index contributed by atoms with van der Waals surface area (Å²) >= 11 is 5.81. The molecule has 110 valence electrons. The molecule has 1 heterocycles. The molecule has 1 aromatic heterocycles. The topological polar surface area (TPSA) is 88.6 Å². The number of ether oxygens (including phenoxy) is 2. The first-order chi connectivity index (χ1) is 10.2. The summed E-state index contributed by atoms with van der Waals surface area (Å²) in [4.78, 5) is 11.3. The third kappa shape index (κ3) is 3.51. The monoisotopic (exact) mass is 308 g/mol. The van der Waals surface area contributed by atoms with E-state index in [0.29, 0.717) is 17.2 Å². The summed E-state index contributed by atoms with van der Waals surface area (Å²) in [5, 5.41) is 9.84. The van der Waals surface area contributed by atoms with Gasteiger partial charge in [0.25, 0.3) is 5.56 Å². The van der Waals surface area contributed by atoms with Gasteiger partial charge in [0.2, 0.25) is 0 Å². The van der Waals surface area contributed by atoms with Crippen LogP contribution in [0.15, 0.2) is 34.3 Å². The molecular formula is C13H13ClN4O3. The fourth-order valence-corrected chi connectivity index (χ4v) is 1.69. The van der Waals surface area contributed by atoms with Gasteiger partial charge in [0.1, 0.15) is 22.2 Å². The molecule has 0 aliphatic heterocycles. The second kappa shape index (κ2) is 6.76. The van der Waals surface area contributed by atoms with Crippen LogP contribution in [0.3, 0.4) is 0 Å². The number of hydrazone groups is 1. The molecule has 2 aromatic rings. The van der Waals surface area contributed by atoms with Gasteiger partial charge in [-0.3, -0.25) is 10.2 Å². The molecule has 0 bridgehead atoms. The number of aromatic nitrogens is 2. The van der Waals surface area contributed by atoms with Crippen molar-refractivity contribution >= 4 is 23.5 Å². The molecule has 21 heavy (non-hydrogen) atoms. The van der Waals surface area contributed by atoms with Crippen LogP contribution in [0.1, 0.15) is 5.56 Å². The lowest BCUT2D eigenvalue weighted by molar-refractivity contribution is 0.394. The highest BCUT2D eigenvalue weighted by Crippen LogP contribution is 2.23. The summed E-state index contributed by atoms with van der Waals surface area (Å²) in [7, 11) is 3.13. The molecular weight excluding hydrogens is 296 g/mol. The first-order valence-electron chi connectivity index (χ1n) is 5.90. The van der Waals surface area contributed by atoms with Crippen LogP contribution in [-0.2, 0) is 0 Å². The van der Waals surface area contributed by atoms with E-state index in [4.69, 9.17) is 21.1 Å². The van der Waals surface area contributed by atoms with Gasteiger partial charge in [-0.15, -0.1) is 0 Å². The molecule has 0 amide bonds. The van der Waals surface area contributed by atoms with E-state index in [-0.39, 0.29) is 5.02 Å². The molecule has 0 radical (unpaired) electrons. The molecule has 0 aliphatic carbocycles.